The second-order valence-electron chi connectivity index (χ2n) is 6.71. The predicted molar refractivity (Wildman–Crippen MR) is 110 cm³/mol. The van der Waals surface area contributed by atoms with Crippen molar-refractivity contribution in [1.82, 2.24) is 9.88 Å². The number of nitrogen functional groups attached to an aromatic ring is 2. The van der Waals surface area contributed by atoms with Crippen molar-refractivity contribution in [2.75, 3.05) is 31.6 Å². The summed E-state index contributed by atoms with van der Waals surface area (Å²) in [6.07, 6.45) is 7.30. The van der Waals surface area contributed by atoms with Gasteiger partial charge >= 0.3 is 0 Å². The van der Waals surface area contributed by atoms with Crippen LogP contribution >= 0.6 is 0 Å². The molecule has 26 heavy (non-hydrogen) atoms. The third kappa shape index (κ3) is 4.21. The number of allylic oxidation sites excluding steroid dienone is 1. The molecule has 136 valence electrons. The van der Waals surface area contributed by atoms with Crippen molar-refractivity contribution in [3.8, 4) is 11.1 Å². The van der Waals surface area contributed by atoms with Crippen molar-refractivity contribution >= 4 is 23.3 Å². The molecule has 3 rings (SSSR count). The summed E-state index contributed by atoms with van der Waals surface area (Å²) in [5.41, 5.74) is 22.0. The summed E-state index contributed by atoms with van der Waals surface area (Å²) >= 11 is 0. The molecular formula is C20H26N6. The summed E-state index contributed by atoms with van der Waals surface area (Å²) in [5.74, 6) is 0.474. The van der Waals surface area contributed by atoms with Crippen molar-refractivity contribution in [2.45, 2.75) is 18.9 Å². The SMILES string of the molecule is CN1CCC(N=CC(=CN)c2cnc(N)c(-c3ccc(N)cc3)c2)CC1. The standard InChI is InChI=1S/C20H26N6/c1-26-8-6-18(7-9-26)24-13-16(11-21)15-10-19(20(23)25-12-15)14-2-4-17(22)5-3-14/h2-5,10-13,18H,6-9,21-22H2,1H3,(H2,23,25). The highest BCUT2D eigenvalue weighted by atomic mass is 15.1. The molecule has 2 heterocycles. The van der Waals surface area contributed by atoms with Gasteiger partial charge in [0.05, 0.1) is 6.04 Å². The first-order chi connectivity index (χ1) is 12.6. The minimum Gasteiger partial charge on any atom is -0.404 e. The monoisotopic (exact) mass is 350 g/mol. The number of nitrogens with two attached hydrogens (primary N) is 3. The number of benzene rings is 1. The highest BCUT2D eigenvalue weighted by Gasteiger charge is 2.15. The average Bonchev–Trinajstić information content (AvgIpc) is 2.65. The van der Waals surface area contributed by atoms with E-state index in [1.54, 1.807) is 12.4 Å². The Morgan fingerprint density at radius 2 is 1.88 bits per heavy atom. The van der Waals surface area contributed by atoms with Gasteiger partial charge in [-0.25, -0.2) is 4.98 Å². The predicted octanol–water partition coefficient (Wildman–Crippen LogP) is 2.38. The van der Waals surface area contributed by atoms with Crippen LogP contribution in [0.1, 0.15) is 18.4 Å². The number of pyridine rings is 1. The van der Waals surface area contributed by atoms with E-state index in [0.29, 0.717) is 17.5 Å². The summed E-state index contributed by atoms with van der Waals surface area (Å²) in [6.45, 7) is 2.16. The van der Waals surface area contributed by atoms with E-state index in [1.165, 1.54) is 0 Å². The first-order valence-corrected chi connectivity index (χ1v) is 8.82. The fraction of sp³-hybridized carbons (Fsp3) is 0.300. The largest absolute Gasteiger partial charge is 0.404 e. The van der Waals surface area contributed by atoms with E-state index in [0.717, 1.165) is 48.2 Å². The van der Waals surface area contributed by atoms with Gasteiger partial charge in [-0.05, 0) is 56.7 Å². The van der Waals surface area contributed by atoms with Crippen molar-refractivity contribution in [1.29, 1.82) is 0 Å². The number of piperidine rings is 1. The van der Waals surface area contributed by atoms with Crippen LogP contribution in [0.5, 0.6) is 0 Å². The maximum Gasteiger partial charge on any atom is 0.131 e. The van der Waals surface area contributed by atoms with Gasteiger partial charge in [0.15, 0.2) is 0 Å². The molecule has 0 radical (unpaired) electrons. The zero-order chi connectivity index (χ0) is 18.5. The quantitative estimate of drug-likeness (QED) is 0.580. The highest BCUT2D eigenvalue weighted by Crippen LogP contribution is 2.28. The first-order valence-electron chi connectivity index (χ1n) is 8.82. The van der Waals surface area contributed by atoms with Gasteiger partial charge in [-0.15, -0.1) is 0 Å². The molecule has 0 saturated carbocycles. The van der Waals surface area contributed by atoms with E-state index in [2.05, 4.69) is 16.9 Å². The van der Waals surface area contributed by atoms with Crippen molar-refractivity contribution in [2.24, 2.45) is 10.7 Å². The van der Waals surface area contributed by atoms with Crippen molar-refractivity contribution in [3.63, 3.8) is 0 Å². The summed E-state index contributed by atoms with van der Waals surface area (Å²) in [5, 5.41) is 0. The van der Waals surface area contributed by atoms with E-state index in [1.807, 2.05) is 36.5 Å². The topological polar surface area (TPSA) is 107 Å². The Hall–Kier alpha value is -2.86. The van der Waals surface area contributed by atoms with E-state index in [-0.39, 0.29) is 0 Å². The van der Waals surface area contributed by atoms with Crippen LogP contribution in [0, 0.1) is 0 Å². The van der Waals surface area contributed by atoms with E-state index >= 15 is 0 Å². The Balaban J connectivity index is 1.83. The van der Waals surface area contributed by atoms with E-state index in [4.69, 9.17) is 22.2 Å². The summed E-state index contributed by atoms with van der Waals surface area (Å²) < 4.78 is 0. The second-order valence-corrected chi connectivity index (χ2v) is 6.71. The smallest absolute Gasteiger partial charge is 0.131 e. The fourth-order valence-electron chi connectivity index (χ4n) is 3.07. The minimum absolute atomic E-state index is 0.347. The lowest BCUT2D eigenvalue weighted by Gasteiger charge is -2.26. The molecule has 0 atom stereocenters. The summed E-state index contributed by atoms with van der Waals surface area (Å²) in [4.78, 5) is 11.4. The number of nitrogens with zero attached hydrogens (tertiary/aromatic N) is 3. The molecule has 1 fully saturated rings. The van der Waals surface area contributed by atoms with Gasteiger partial charge in [-0.2, -0.15) is 0 Å². The van der Waals surface area contributed by atoms with Crippen LogP contribution in [-0.4, -0.2) is 42.3 Å². The molecular weight excluding hydrogens is 324 g/mol. The van der Waals surface area contributed by atoms with Crippen LogP contribution < -0.4 is 17.2 Å². The third-order valence-electron chi connectivity index (χ3n) is 4.77. The number of aromatic nitrogens is 1. The fourth-order valence-corrected chi connectivity index (χ4v) is 3.07. The third-order valence-corrected chi connectivity index (χ3v) is 4.77. The minimum atomic E-state index is 0.347. The van der Waals surface area contributed by atoms with Gasteiger partial charge < -0.3 is 22.1 Å². The number of hydrogen-bond donors (Lipinski definition) is 3. The van der Waals surface area contributed by atoms with Crippen molar-refractivity contribution in [3.05, 3.63) is 48.3 Å². The molecule has 1 aromatic carbocycles. The maximum atomic E-state index is 6.07. The molecule has 0 spiro atoms. The van der Waals surface area contributed by atoms with Gasteiger partial charge in [0.1, 0.15) is 5.82 Å². The molecule has 6 heteroatoms. The van der Waals surface area contributed by atoms with Crippen LogP contribution in [0.25, 0.3) is 16.7 Å². The molecule has 2 aromatic rings. The number of likely N-dealkylation sites (tertiary alicyclic amines) is 1. The number of rotatable bonds is 4. The zero-order valence-corrected chi connectivity index (χ0v) is 15.1. The Kier molecular flexibility index (Phi) is 5.53. The highest BCUT2D eigenvalue weighted by molar-refractivity contribution is 6.10. The summed E-state index contributed by atoms with van der Waals surface area (Å²) in [7, 11) is 2.14. The molecule has 1 aromatic heterocycles. The van der Waals surface area contributed by atoms with Crippen LogP contribution in [0.4, 0.5) is 11.5 Å². The number of aliphatic imine (C=N–C) groups is 1. The molecule has 6 N–H and O–H groups in total. The Bertz CT molecular complexity index is 802. The lowest BCUT2D eigenvalue weighted by Crippen LogP contribution is -2.32. The first kappa shape index (κ1) is 17.9. The normalized spacial score (nSPS) is 17.0. The van der Waals surface area contributed by atoms with Gasteiger partial charge in [0.25, 0.3) is 0 Å². The van der Waals surface area contributed by atoms with Gasteiger partial charge in [0.2, 0.25) is 0 Å². The van der Waals surface area contributed by atoms with Gasteiger partial charge in [-0.3, -0.25) is 4.99 Å². The van der Waals surface area contributed by atoms with Crippen LogP contribution in [-0.2, 0) is 0 Å². The van der Waals surface area contributed by atoms with E-state index in [9.17, 15) is 0 Å². The molecule has 1 saturated heterocycles. The van der Waals surface area contributed by atoms with Crippen LogP contribution in [0.2, 0.25) is 0 Å². The second kappa shape index (κ2) is 8.01. The number of hydrogen-bond acceptors (Lipinski definition) is 6. The lowest BCUT2D eigenvalue weighted by atomic mass is 10.0. The van der Waals surface area contributed by atoms with Gasteiger partial charge in [0, 0.05) is 41.0 Å². The van der Waals surface area contributed by atoms with E-state index < -0.39 is 0 Å². The lowest BCUT2D eigenvalue weighted by molar-refractivity contribution is 0.257. The molecule has 0 bridgehead atoms. The average molecular weight is 350 g/mol. The van der Waals surface area contributed by atoms with Gasteiger partial charge in [-0.1, -0.05) is 12.1 Å². The number of anilines is 2. The van der Waals surface area contributed by atoms with Crippen LogP contribution in [0.3, 0.4) is 0 Å². The molecule has 6 nitrogen and oxygen atoms in total. The molecule has 1 aliphatic rings. The Labute approximate surface area is 154 Å². The zero-order valence-electron chi connectivity index (χ0n) is 15.1. The van der Waals surface area contributed by atoms with Crippen molar-refractivity contribution < 1.29 is 0 Å². The molecule has 0 unspecified atom stereocenters. The molecule has 0 amide bonds. The maximum absolute atomic E-state index is 6.07. The molecule has 0 aliphatic carbocycles. The molecule has 1 aliphatic heterocycles. The Morgan fingerprint density at radius 1 is 1.19 bits per heavy atom. The Morgan fingerprint density at radius 3 is 2.54 bits per heavy atom. The summed E-state index contributed by atoms with van der Waals surface area (Å²) in [6, 6.07) is 9.91. The van der Waals surface area contributed by atoms with Crippen LogP contribution in [0.15, 0.2) is 47.7 Å².